The average molecular weight is 295 g/mol. The van der Waals surface area contributed by atoms with Gasteiger partial charge in [0.15, 0.2) is 0 Å². The third kappa shape index (κ3) is 3.20. The van der Waals surface area contributed by atoms with Crippen LogP contribution in [-0.4, -0.2) is 34.5 Å². The van der Waals surface area contributed by atoms with Gasteiger partial charge in [0.25, 0.3) is 5.91 Å². The molecule has 5 heteroatoms. The largest absolute Gasteiger partial charge is 0.481 e. The molecule has 0 saturated carbocycles. The number of aryl methyl sites for hydroxylation is 2. The zero-order valence-corrected chi connectivity index (χ0v) is 12.8. The van der Waals surface area contributed by atoms with E-state index in [1.54, 1.807) is 4.90 Å². The van der Waals surface area contributed by atoms with Gasteiger partial charge >= 0.3 is 5.97 Å². The van der Waals surface area contributed by atoms with E-state index in [0.29, 0.717) is 6.54 Å². The molecule has 110 valence electrons. The zero-order valence-electron chi connectivity index (χ0n) is 12.0. The molecule has 1 aromatic rings. The molecular formula is C15H21NO3S. The number of thiophene rings is 1. The quantitative estimate of drug-likeness (QED) is 0.908. The smallest absolute Gasteiger partial charge is 0.305 e. The number of nitrogens with zero attached hydrogens (tertiary/aromatic N) is 1. The van der Waals surface area contributed by atoms with E-state index in [1.165, 1.54) is 21.8 Å². The Labute approximate surface area is 123 Å². The highest BCUT2D eigenvalue weighted by atomic mass is 32.1. The topological polar surface area (TPSA) is 57.6 Å². The van der Waals surface area contributed by atoms with Crippen molar-refractivity contribution in [3.05, 3.63) is 21.4 Å². The molecule has 2 heterocycles. The number of carbonyl (C=O) groups excluding carboxylic acids is 1. The second-order valence-electron chi connectivity index (χ2n) is 5.33. The molecule has 1 aliphatic rings. The Morgan fingerprint density at radius 3 is 2.90 bits per heavy atom. The van der Waals surface area contributed by atoms with Gasteiger partial charge < -0.3 is 10.0 Å². The van der Waals surface area contributed by atoms with Crippen LogP contribution in [0.4, 0.5) is 0 Å². The number of hydrogen-bond donors (Lipinski definition) is 1. The van der Waals surface area contributed by atoms with Gasteiger partial charge in [0.05, 0.1) is 11.3 Å². The number of carboxylic acids is 1. The minimum atomic E-state index is -0.830. The summed E-state index contributed by atoms with van der Waals surface area (Å²) in [4.78, 5) is 27.1. The van der Waals surface area contributed by atoms with E-state index in [9.17, 15) is 9.59 Å². The predicted molar refractivity (Wildman–Crippen MR) is 79.4 cm³/mol. The maximum atomic E-state index is 12.6. The Hall–Kier alpha value is -1.36. The molecule has 0 aliphatic carbocycles. The lowest BCUT2D eigenvalue weighted by Crippen LogP contribution is -2.36. The van der Waals surface area contributed by atoms with Gasteiger partial charge in [-0.1, -0.05) is 13.3 Å². The van der Waals surface area contributed by atoms with Gasteiger partial charge in [-0.3, -0.25) is 9.59 Å². The molecular weight excluding hydrogens is 274 g/mol. The summed E-state index contributed by atoms with van der Waals surface area (Å²) in [7, 11) is 0. The summed E-state index contributed by atoms with van der Waals surface area (Å²) >= 11 is 1.53. The van der Waals surface area contributed by atoms with Crippen LogP contribution in [0.3, 0.4) is 0 Å². The lowest BCUT2D eigenvalue weighted by molar-refractivity contribution is -0.137. The number of aliphatic carboxylic acids is 1. The van der Waals surface area contributed by atoms with Crippen molar-refractivity contribution in [2.75, 3.05) is 6.54 Å². The Morgan fingerprint density at radius 2 is 2.25 bits per heavy atom. The highest BCUT2D eigenvalue weighted by Gasteiger charge is 2.31. The van der Waals surface area contributed by atoms with Crippen molar-refractivity contribution in [3.8, 4) is 0 Å². The van der Waals surface area contributed by atoms with Crippen LogP contribution in [-0.2, 0) is 11.2 Å². The minimum absolute atomic E-state index is 0.00389. The SMILES string of the molecule is CCCc1cc(C(=O)N2CCCC2CC(=O)O)sc1C. The molecule has 1 saturated heterocycles. The van der Waals surface area contributed by atoms with E-state index in [4.69, 9.17) is 5.11 Å². The van der Waals surface area contributed by atoms with E-state index < -0.39 is 5.97 Å². The summed E-state index contributed by atoms with van der Waals surface area (Å²) in [5.74, 6) is -0.826. The molecule has 1 atom stereocenters. The molecule has 20 heavy (non-hydrogen) atoms. The van der Waals surface area contributed by atoms with Gasteiger partial charge in [0, 0.05) is 17.5 Å². The van der Waals surface area contributed by atoms with Gasteiger partial charge in [0.1, 0.15) is 0 Å². The number of likely N-dealkylation sites (tertiary alicyclic amines) is 1. The van der Waals surface area contributed by atoms with Gasteiger partial charge in [-0.2, -0.15) is 0 Å². The summed E-state index contributed by atoms with van der Waals surface area (Å²) < 4.78 is 0. The van der Waals surface area contributed by atoms with Crippen LogP contribution >= 0.6 is 11.3 Å². The summed E-state index contributed by atoms with van der Waals surface area (Å²) in [6.07, 6.45) is 3.81. The lowest BCUT2D eigenvalue weighted by atomic mass is 10.1. The second-order valence-corrected chi connectivity index (χ2v) is 6.59. The monoisotopic (exact) mass is 295 g/mol. The standard InChI is InChI=1S/C15H21NO3S/c1-3-5-11-8-13(20-10(11)2)15(19)16-7-4-6-12(16)9-14(17)18/h8,12H,3-7,9H2,1-2H3,(H,17,18). The first kappa shape index (κ1) is 15.0. The van der Waals surface area contributed by atoms with E-state index >= 15 is 0 Å². The maximum Gasteiger partial charge on any atom is 0.305 e. The molecule has 1 amide bonds. The van der Waals surface area contributed by atoms with E-state index in [2.05, 4.69) is 6.92 Å². The maximum absolute atomic E-state index is 12.6. The van der Waals surface area contributed by atoms with Gasteiger partial charge in [-0.05, 0) is 37.8 Å². The summed E-state index contributed by atoms with van der Waals surface area (Å²) in [5.41, 5.74) is 1.25. The highest BCUT2D eigenvalue weighted by Crippen LogP contribution is 2.28. The molecule has 1 N–H and O–H groups in total. The van der Waals surface area contributed by atoms with Crippen molar-refractivity contribution in [2.45, 2.75) is 52.0 Å². The molecule has 0 spiro atoms. The minimum Gasteiger partial charge on any atom is -0.481 e. The number of amides is 1. The van der Waals surface area contributed by atoms with Crippen molar-refractivity contribution < 1.29 is 14.7 Å². The normalized spacial score (nSPS) is 18.5. The fraction of sp³-hybridized carbons (Fsp3) is 0.600. The summed E-state index contributed by atoms with van der Waals surface area (Å²) in [5, 5.41) is 8.93. The molecule has 2 rings (SSSR count). The van der Waals surface area contributed by atoms with Crippen molar-refractivity contribution in [1.29, 1.82) is 0 Å². The third-order valence-electron chi connectivity index (χ3n) is 3.80. The molecule has 1 fully saturated rings. The van der Waals surface area contributed by atoms with Gasteiger partial charge in [-0.15, -0.1) is 11.3 Å². The lowest BCUT2D eigenvalue weighted by Gasteiger charge is -2.22. The van der Waals surface area contributed by atoms with Crippen LogP contribution in [0.5, 0.6) is 0 Å². The number of hydrogen-bond acceptors (Lipinski definition) is 3. The van der Waals surface area contributed by atoms with E-state index in [0.717, 1.165) is 30.6 Å². The Balaban J connectivity index is 2.13. The van der Waals surface area contributed by atoms with Crippen molar-refractivity contribution in [2.24, 2.45) is 0 Å². The van der Waals surface area contributed by atoms with Gasteiger partial charge in [0.2, 0.25) is 0 Å². The fourth-order valence-electron chi connectivity index (χ4n) is 2.80. The number of carbonyl (C=O) groups is 2. The summed E-state index contributed by atoms with van der Waals surface area (Å²) in [6.45, 7) is 4.85. The van der Waals surface area contributed by atoms with Crippen LogP contribution in [0, 0.1) is 6.92 Å². The van der Waals surface area contributed by atoms with Crippen LogP contribution in [0.25, 0.3) is 0 Å². The number of rotatable bonds is 5. The van der Waals surface area contributed by atoms with Crippen LogP contribution in [0.15, 0.2) is 6.07 Å². The van der Waals surface area contributed by atoms with Crippen molar-refractivity contribution >= 4 is 23.2 Å². The molecule has 1 unspecified atom stereocenters. The molecule has 0 aromatic carbocycles. The summed E-state index contributed by atoms with van der Waals surface area (Å²) in [6, 6.07) is 1.85. The molecule has 1 aromatic heterocycles. The Kier molecular flexibility index (Phi) is 4.81. The predicted octanol–water partition coefficient (Wildman–Crippen LogP) is 3.09. The number of carboxylic acid groups (broad SMARTS) is 1. The zero-order chi connectivity index (χ0) is 14.7. The second kappa shape index (κ2) is 6.39. The highest BCUT2D eigenvalue weighted by molar-refractivity contribution is 7.14. The van der Waals surface area contributed by atoms with E-state index in [1.807, 2.05) is 13.0 Å². The molecule has 1 aliphatic heterocycles. The first-order chi connectivity index (χ1) is 9.52. The first-order valence-corrected chi connectivity index (χ1v) is 7.96. The first-order valence-electron chi connectivity index (χ1n) is 7.15. The molecule has 4 nitrogen and oxygen atoms in total. The van der Waals surface area contributed by atoms with E-state index in [-0.39, 0.29) is 18.4 Å². The Bertz CT molecular complexity index is 509. The third-order valence-corrected chi connectivity index (χ3v) is 4.88. The Morgan fingerprint density at radius 1 is 1.50 bits per heavy atom. The van der Waals surface area contributed by atoms with Crippen LogP contribution in [0.2, 0.25) is 0 Å². The van der Waals surface area contributed by atoms with Crippen molar-refractivity contribution in [1.82, 2.24) is 4.90 Å². The van der Waals surface area contributed by atoms with Crippen LogP contribution in [0.1, 0.15) is 52.7 Å². The average Bonchev–Trinajstić information content (AvgIpc) is 2.96. The van der Waals surface area contributed by atoms with Gasteiger partial charge in [-0.25, -0.2) is 0 Å². The van der Waals surface area contributed by atoms with Crippen LogP contribution < -0.4 is 0 Å². The molecule has 0 bridgehead atoms. The van der Waals surface area contributed by atoms with Crippen molar-refractivity contribution in [3.63, 3.8) is 0 Å². The molecule has 0 radical (unpaired) electrons. The fourth-order valence-corrected chi connectivity index (χ4v) is 3.83.